The lowest BCUT2D eigenvalue weighted by Gasteiger charge is -2.30. The van der Waals surface area contributed by atoms with Gasteiger partial charge in [-0.3, -0.25) is 0 Å². The van der Waals surface area contributed by atoms with Gasteiger partial charge in [-0.05, 0) is 11.6 Å². The van der Waals surface area contributed by atoms with Gasteiger partial charge in [0.05, 0.1) is 26.2 Å². The summed E-state index contributed by atoms with van der Waals surface area (Å²) in [7, 11) is -3.34. The molecule has 4 nitrogen and oxygen atoms in total. The van der Waals surface area contributed by atoms with Gasteiger partial charge in [0, 0.05) is 11.0 Å². The number of rotatable bonds is 5. The van der Waals surface area contributed by atoms with Crippen LogP contribution in [0.15, 0.2) is 66.1 Å². The van der Waals surface area contributed by atoms with Crippen molar-refractivity contribution in [3.05, 3.63) is 77.2 Å². The van der Waals surface area contributed by atoms with Crippen LogP contribution in [0.5, 0.6) is 0 Å². The zero-order chi connectivity index (χ0) is 16.8. The Morgan fingerprint density at radius 2 is 1.50 bits per heavy atom. The van der Waals surface area contributed by atoms with Crippen LogP contribution < -0.4 is 4.90 Å². The fraction of sp³-hybridized carbons (Fsp3) is 0.263. The van der Waals surface area contributed by atoms with Crippen molar-refractivity contribution in [3.63, 3.8) is 0 Å². The number of hydrogen-bond acceptors (Lipinski definition) is 2. The Bertz CT molecular complexity index is 766. The first kappa shape index (κ1) is 16.9. The lowest BCUT2D eigenvalue weighted by Crippen LogP contribution is -3.13. The Balaban J connectivity index is 1.56. The summed E-state index contributed by atoms with van der Waals surface area (Å²) in [5.74, 6) is 0. The number of quaternary nitrogens is 1. The highest BCUT2D eigenvalue weighted by molar-refractivity contribution is 7.92. The lowest BCUT2D eigenvalue weighted by atomic mass is 10.2. The minimum absolute atomic E-state index is 0.573. The predicted octanol–water partition coefficient (Wildman–Crippen LogP) is 1.39. The molecule has 1 aliphatic rings. The van der Waals surface area contributed by atoms with Gasteiger partial charge in [0.25, 0.3) is 0 Å². The van der Waals surface area contributed by atoms with Gasteiger partial charge in [-0.1, -0.05) is 60.7 Å². The summed E-state index contributed by atoms with van der Waals surface area (Å²) in [6, 6.07) is 19.9. The fourth-order valence-corrected chi connectivity index (χ4v) is 4.13. The molecule has 0 aliphatic carbocycles. The van der Waals surface area contributed by atoms with Crippen molar-refractivity contribution in [1.82, 2.24) is 4.31 Å². The molecule has 5 heteroatoms. The highest BCUT2D eigenvalue weighted by Gasteiger charge is 2.27. The van der Waals surface area contributed by atoms with Crippen LogP contribution in [-0.4, -0.2) is 38.9 Å². The molecule has 0 unspecified atom stereocenters. The lowest BCUT2D eigenvalue weighted by molar-refractivity contribution is -0.917. The van der Waals surface area contributed by atoms with Crippen LogP contribution in [0.25, 0.3) is 6.08 Å². The molecule has 0 spiro atoms. The normalized spacial score (nSPS) is 17.3. The molecule has 0 saturated carbocycles. The summed E-state index contributed by atoms with van der Waals surface area (Å²) in [6.07, 6.45) is 1.67. The van der Waals surface area contributed by atoms with E-state index >= 15 is 0 Å². The number of nitrogens with zero attached hydrogens (tertiary/aromatic N) is 1. The van der Waals surface area contributed by atoms with Crippen molar-refractivity contribution >= 4 is 16.1 Å². The summed E-state index contributed by atoms with van der Waals surface area (Å²) < 4.78 is 26.5. The molecule has 1 aliphatic heterocycles. The summed E-state index contributed by atoms with van der Waals surface area (Å²) >= 11 is 0. The highest BCUT2D eigenvalue weighted by atomic mass is 32.2. The minimum atomic E-state index is -3.34. The molecule has 0 amide bonds. The molecule has 3 rings (SSSR count). The minimum Gasteiger partial charge on any atom is -0.329 e. The molecule has 0 bridgehead atoms. The average Bonchev–Trinajstić information content (AvgIpc) is 2.62. The Morgan fingerprint density at radius 3 is 2.12 bits per heavy atom. The van der Waals surface area contributed by atoms with Crippen molar-refractivity contribution in [3.8, 4) is 0 Å². The van der Waals surface area contributed by atoms with Crippen molar-refractivity contribution in [2.45, 2.75) is 6.54 Å². The van der Waals surface area contributed by atoms with E-state index in [0.717, 1.165) is 25.2 Å². The largest absolute Gasteiger partial charge is 0.329 e. The van der Waals surface area contributed by atoms with E-state index in [1.165, 1.54) is 15.9 Å². The molecule has 2 aromatic rings. The Morgan fingerprint density at radius 1 is 0.917 bits per heavy atom. The van der Waals surface area contributed by atoms with Crippen molar-refractivity contribution in [1.29, 1.82) is 0 Å². The molecule has 1 heterocycles. The van der Waals surface area contributed by atoms with Gasteiger partial charge in [0.2, 0.25) is 10.0 Å². The molecule has 2 aromatic carbocycles. The maximum absolute atomic E-state index is 12.5. The van der Waals surface area contributed by atoms with Crippen molar-refractivity contribution < 1.29 is 13.3 Å². The van der Waals surface area contributed by atoms with Gasteiger partial charge in [-0.15, -0.1) is 0 Å². The number of sulfonamides is 1. The molecule has 24 heavy (non-hydrogen) atoms. The highest BCUT2D eigenvalue weighted by Crippen LogP contribution is 2.08. The van der Waals surface area contributed by atoms with Gasteiger partial charge in [0.15, 0.2) is 0 Å². The third kappa shape index (κ3) is 4.54. The molecular formula is C19H23N2O2S+. The van der Waals surface area contributed by atoms with Crippen LogP contribution in [0, 0.1) is 0 Å². The van der Waals surface area contributed by atoms with Crippen LogP contribution in [0.4, 0.5) is 0 Å². The summed E-state index contributed by atoms with van der Waals surface area (Å²) in [5.41, 5.74) is 2.20. The van der Waals surface area contributed by atoms with E-state index in [9.17, 15) is 8.42 Å². The molecular weight excluding hydrogens is 320 g/mol. The van der Waals surface area contributed by atoms with Gasteiger partial charge in [-0.2, -0.15) is 4.31 Å². The summed E-state index contributed by atoms with van der Waals surface area (Å²) in [4.78, 5) is 1.43. The van der Waals surface area contributed by atoms with Crippen LogP contribution >= 0.6 is 0 Å². The average molecular weight is 343 g/mol. The molecule has 0 atom stereocenters. The van der Waals surface area contributed by atoms with Crippen LogP contribution in [0.1, 0.15) is 11.1 Å². The van der Waals surface area contributed by atoms with Crippen molar-refractivity contribution in [2.75, 3.05) is 26.2 Å². The number of hydrogen-bond donors (Lipinski definition) is 1. The van der Waals surface area contributed by atoms with Crippen LogP contribution in [0.2, 0.25) is 0 Å². The summed E-state index contributed by atoms with van der Waals surface area (Å²) in [5, 5.41) is 1.32. The second-order valence-corrected chi connectivity index (χ2v) is 7.89. The first-order chi connectivity index (χ1) is 11.6. The van der Waals surface area contributed by atoms with E-state index < -0.39 is 10.0 Å². The van der Waals surface area contributed by atoms with Crippen molar-refractivity contribution in [2.24, 2.45) is 0 Å². The third-order valence-electron chi connectivity index (χ3n) is 4.32. The maximum Gasteiger partial charge on any atom is 0.236 e. The van der Waals surface area contributed by atoms with E-state index in [2.05, 4.69) is 12.1 Å². The third-order valence-corrected chi connectivity index (χ3v) is 5.88. The van der Waals surface area contributed by atoms with Gasteiger partial charge >= 0.3 is 0 Å². The summed E-state index contributed by atoms with van der Waals surface area (Å²) in [6.45, 7) is 3.78. The van der Waals surface area contributed by atoms with E-state index in [4.69, 9.17) is 0 Å². The van der Waals surface area contributed by atoms with E-state index in [-0.39, 0.29) is 0 Å². The van der Waals surface area contributed by atoms with Gasteiger partial charge < -0.3 is 4.90 Å². The smallest absolute Gasteiger partial charge is 0.236 e. The zero-order valence-electron chi connectivity index (χ0n) is 13.6. The molecule has 1 saturated heterocycles. The standard InChI is InChI=1S/C19H22N2O2S/c22-24(23,16-11-18-7-3-1-4-8-18)21-14-12-20(13-15-21)17-19-9-5-2-6-10-19/h1-11,16H,12-15,17H2/p+1. The van der Waals surface area contributed by atoms with E-state index in [1.807, 2.05) is 48.5 Å². The first-order valence-electron chi connectivity index (χ1n) is 8.24. The number of piperazine rings is 1. The van der Waals surface area contributed by atoms with Crippen LogP contribution in [0.3, 0.4) is 0 Å². The van der Waals surface area contributed by atoms with E-state index in [0.29, 0.717) is 13.1 Å². The zero-order valence-corrected chi connectivity index (χ0v) is 14.5. The second-order valence-electron chi connectivity index (χ2n) is 6.07. The van der Waals surface area contributed by atoms with Gasteiger partial charge in [0.1, 0.15) is 6.54 Å². The predicted molar refractivity (Wildman–Crippen MR) is 96.8 cm³/mol. The molecule has 0 radical (unpaired) electrons. The van der Waals surface area contributed by atoms with Gasteiger partial charge in [-0.25, -0.2) is 8.42 Å². The molecule has 0 aromatic heterocycles. The van der Waals surface area contributed by atoms with E-state index in [1.54, 1.807) is 10.4 Å². The first-order valence-corrected chi connectivity index (χ1v) is 9.74. The molecule has 1 fully saturated rings. The Labute approximate surface area is 144 Å². The monoisotopic (exact) mass is 343 g/mol. The number of benzene rings is 2. The maximum atomic E-state index is 12.5. The SMILES string of the molecule is O=S(=O)(C=Cc1ccccc1)N1CC[NH+](Cc2ccccc2)CC1. The quantitative estimate of drug-likeness (QED) is 0.891. The molecule has 126 valence electrons. The second kappa shape index (κ2) is 7.75. The fourth-order valence-electron chi connectivity index (χ4n) is 2.93. The number of nitrogens with one attached hydrogen (secondary N) is 1. The topological polar surface area (TPSA) is 41.8 Å². The van der Waals surface area contributed by atoms with Crippen LogP contribution in [-0.2, 0) is 16.6 Å². The molecule has 1 N–H and O–H groups in total. The Kier molecular flexibility index (Phi) is 5.45. The Hall–Kier alpha value is -1.95.